The van der Waals surface area contributed by atoms with Gasteiger partial charge in [0.2, 0.25) is 0 Å². The maximum absolute atomic E-state index is 11.9. The molecule has 0 unspecified atom stereocenters. The molecule has 1 aromatic rings. The van der Waals surface area contributed by atoms with Crippen molar-refractivity contribution in [2.24, 2.45) is 0 Å². The third-order valence-electron chi connectivity index (χ3n) is 2.55. The normalized spacial score (nSPS) is 10.1. The van der Waals surface area contributed by atoms with E-state index in [4.69, 9.17) is 10.00 Å². The SMILES string of the molecule is COCCCn1c(C)cc(C)c(C#N)c1=O. The monoisotopic (exact) mass is 220 g/mol. The number of rotatable bonds is 4. The van der Waals surface area contributed by atoms with Crippen LogP contribution in [-0.2, 0) is 11.3 Å². The fourth-order valence-electron chi connectivity index (χ4n) is 1.71. The maximum Gasteiger partial charge on any atom is 0.268 e. The van der Waals surface area contributed by atoms with Gasteiger partial charge in [-0.3, -0.25) is 4.79 Å². The van der Waals surface area contributed by atoms with Gasteiger partial charge >= 0.3 is 0 Å². The van der Waals surface area contributed by atoms with Gasteiger partial charge in [-0.1, -0.05) is 0 Å². The van der Waals surface area contributed by atoms with Gasteiger partial charge in [0.15, 0.2) is 0 Å². The van der Waals surface area contributed by atoms with Gasteiger partial charge in [-0.2, -0.15) is 5.26 Å². The lowest BCUT2D eigenvalue weighted by Crippen LogP contribution is -2.26. The summed E-state index contributed by atoms with van der Waals surface area (Å²) in [7, 11) is 1.63. The highest BCUT2D eigenvalue weighted by Gasteiger charge is 2.09. The summed E-state index contributed by atoms with van der Waals surface area (Å²) in [6, 6.07) is 3.82. The minimum atomic E-state index is -0.198. The van der Waals surface area contributed by atoms with Gasteiger partial charge in [-0.25, -0.2) is 0 Å². The molecule has 0 aromatic carbocycles. The summed E-state index contributed by atoms with van der Waals surface area (Å²) < 4.78 is 6.57. The lowest BCUT2D eigenvalue weighted by molar-refractivity contribution is 0.189. The summed E-state index contributed by atoms with van der Waals surface area (Å²) in [6.45, 7) is 4.86. The van der Waals surface area contributed by atoms with Crippen LogP contribution in [0.25, 0.3) is 0 Å². The molecule has 0 bridgehead atoms. The summed E-state index contributed by atoms with van der Waals surface area (Å²) in [5, 5.41) is 8.90. The molecular formula is C12H16N2O2. The van der Waals surface area contributed by atoms with Crippen LogP contribution in [0.15, 0.2) is 10.9 Å². The number of methoxy groups -OCH3 is 1. The predicted octanol–water partition coefficient (Wildman–Crippen LogP) is 1.37. The van der Waals surface area contributed by atoms with Crippen molar-refractivity contribution >= 4 is 0 Å². The Kier molecular flexibility index (Phi) is 4.27. The quantitative estimate of drug-likeness (QED) is 0.720. The van der Waals surface area contributed by atoms with Gasteiger partial charge in [0.1, 0.15) is 11.6 Å². The molecule has 0 saturated carbocycles. The van der Waals surface area contributed by atoms with E-state index in [-0.39, 0.29) is 11.1 Å². The van der Waals surface area contributed by atoms with Crippen LogP contribution in [0.5, 0.6) is 0 Å². The van der Waals surface area contributed by atoms with E-state index in [0.717, 1.165) is 17.7 Å². The van der Waals surface area contributed by atoms with Crippen molar-refractivity contribution < 1.29 is 4.74 Å². The molecule has 0 atom stereocenters. The molecule has 0 spiro atoms. The molecule has 16 heavy (non-hydrogen) atoms. The fourth-order valence-corrected chi connectivity index (χ4v) is 1.71. The molecule has 1 aromatic heterocycles. The highest BCUT2D eigenvalue weighted by atomic mass is 16.5. The van der Waals surface area contributed by atoms with E-state index < -0.39 is 0 Å². The lowest BCUT2D eigenvalue weighted by Gasteiger charge is -2.11. The van der Waals surface area contributed by atoms with Crippen LogP contribution in [0.3, 0.4) is 0 Å². The van der Waals surface area contributed by atoms with Crippen LogP contribution in [0, 0.1) is 25.2 Å². The van der Waals surface area contributed by atoms with Crippen LogP contribution >= 0.6 is 0 Å². The van der Waals surface area contributed by atoms with Crippen molar-refractivity contribution in [3.63, 3.8) is 0 Å². The molecule has 1 rings (SSSR count). The summed E-state index contributed by atoms with van der Waals surface area (Å²) in [5.74, 6) is 0. The van der Waals surface area contributed by atoms with Crippen molar-refractivity contribution in [2.75, 3.05) is 13.7 Å². The molecule has 0 aliphatic heterocycles. The van der Waals surface area contributed by atoms with E-state index in [1.807, 2.05) is 19.1 Å². The van der Waals surface area contributed by atoms with E-state index in [9.17, 15) is 4.79 Å². The highest BCUT2D eigenvalue weighted by Crippen LogP contribution is 2.05. The molecular weight excluding hydrogens is 204 g/mol. The van der Waals surface area contributed by atoms with Gasteiger partial charge in [-0.05, 0) is 31.9 Å². The van der Waals surface area contributed by atoms with E-state index in [0.29, 0.717) is 13.2 Å². The second kappa shape index (κ2) is 5.47. The second-order valence-corrected chi connectivity index (χ2v) is 3.76. The standard InChI is InChI=1S/C12H16N2O2/c1-9-7-10(2)14(5-4-6-16-3)12(15)11(9)8-13/h7H,4-6H2,1-3H3. The van der Waals surface area contributed by atoms with Crippen molar-refractivity contribution in [3.05, 3.63) is 33.2 Å². The van der Waals surface area contributed by atoms with Crippen molar-refractivity contribution in [3.8, 4) is 6.07 Å². The number of hydrogen-bond acceptors (Lipinski definition) is 3. The first-order valence-corrected chi connectivity index (χ1v) is 5.22. The molecule has 0 fully saturated rings. The average molecular weight is 220 g/mol. The van der Waals surface area contributed by atoms with Crippen LogP contribution in [0.1, 0.15) is 23.2 Å². The summed E-state index contributed by atoms with van der Waals surface area (Å²) in [6.07, 6.45) is 0.769. The zero-order valence-electron chi connectivity index (χ0n) is 9.91. The maximum atomic E-state index is 11.9. The largest absolute Gasteiger partial charge is 0.385 e. The number of nitrogens with zero attached hydrogens (tertiary/aromatic N) is 2. The van der Waals surface area contributed by atoms with Gasteiger partial charge in [-0.15, -0.1) is 0 Å². The smallest absolute Gasteiger partial charge is 0.268 e. The third-order valence-corrected chi connectivity index (χ3v) is 2.55. The Balaban J connectivity index is 3.10. The fraction of sp³-hybridized carbons (Fsp3) is 0.500. The molecule has 0 aliphatic rings. The number of aromatic nitrogens is 1. The predicted molar refractivity (Wildman–Crippen MR) is 61.4 cm³/mol. The molecule has 0 amide bonds. The first-order chi connectivity index (χ1) is 7.61. The Morgan fingerprint density at radius 1 is 1.50 bits per heavy atom. The van der Waals surface area contributed by atoms with E-state index in [1.165, 1.54) is 0 Å². The van der Waals surface area contributed by atoms with Crippen LogP contribution in [0.2, 0.25) is 0 Å². The minimum absolute atomic E-state index is 0.198. The Morgan fingerprint density at radius 3 is 2.75 bits per heavy atom. The summed E-state index contributed by atoms with van der Waals surface area (Å²) in [4.78, 5) is 11.9. The average Bonchev–Trinajstić information content (AvgIpc) is 2.23. The van der Waals surface area contributed by atoms with E-state index in [1.54, 1.807) is 18.6 Å². The zero-order chi connectivity index (χ0) is 12.1. The summed E-state index contributed by atoms with van der Waals surface area (Å²) in [5.41, 5.74) is 1.67. The Hall–Kier alpha value is -1.60. The first-order valence-electron chi connectivity index (χ1n) is 5.22. The van der Waals surface area contributed by atoms with E-state index >= 15 is 0 Å². The Bertz CT molecular complexity index is 469. The Labute approximate surface area is 95.1 Å². The van der Waals surface area contributed by atoms with Crippen LogP contribution < -0.4 is 5.56 Å². The van der Waals surface area contributed by atoms with Gasteiger partial charge in [0, 0.05) is 26.0 Å². The topological polar surface area (TPSA) is 55.0 Å². The molecule has 86 valence electrons. The molecule has 4 nitrogen and oxygen atoms in total. The van der Waals surface area contributed by atoms with Gasteiger partial charge in [0.05, 0.1) is 0 Å². The number of hydrogen-bond donors (Lipinski definition) is 0. The van der Waals surface area contributed by atoms with Crippen LogP contribution in [-0.4, -0.2) is 18.3 Å². The van der Waals surface area contributed by atoms with E-state index in [2.05, 4.69) is 0 Å². The minimum Gasteiger partial charge on any atom is -0.385 e. The number of aryl methyl sites for hydroxylation is 2. The first kappa shape index (κ1) is 12.5. The lowest BCUT2D eigenvalue weighted by atomic mass is 10.1. The number of pyridine rings is 1. The van der Waals surface area contributed by atoms with Crippen LogP contribution in [0.4, 0.5) is 0 Å². The summed E-state index contributed by atoms with van der Waals surface area (Å²) >= 11 is 0. The highest BCUT2D eigenvalue weighted by molar-refractivity contribution is 5.36. The number of ether oxygens (including phenoxy) is 1. The molecule has 1 heterocycles. The molecule has 0 aliphatic carbocycles. The molecule has 0 N–H and O–H groups in total. The molecule has 4 heteroatoms. The van der Waals surface area contributed by atoms with Crippen molar-refractivity contribution in [1.29, 1.82) is 5.26 Å². The molecule has 0 saturated heterocycles. The van der Waals surface area contributed by atoms with Crippen molar-refractivity contribution in [1.82, 2.24) is 4.57 Å². The Morgan fingerprint density at radius 2 is 2.19 bits per heavy atom. The van der Waals surface area contributed by atoms with Crippen molar-refractivity contribution in [2.45, 2.75) is 26.8 Å². The van der Waals surface area contributed by atoms with Gasteiger partial charge in [0.25, 0.3) is 5.56 Å². The second-order valence-electron chi connectivity index (χ2n) is 3.76. The zero-order valence-corrected chi connectivity index (χ0v) is 9.91. The third kappa shape index (κ3) is 2.50. The molecule has 0 radical (unpaired) electrons. The number of nitriles is 1. The van der Waals surface area contributed by atoms with Gasteiger partial charge < -0.3 is 9.30 Å².